The Balaban J connectivity index is 2.59. The van der Waals surface area contributed by atoms with Gasteiger partial charge < -0.3 is 15.5 Å². The second-order valence-electron chi connectivity index (χ2n) is 6.13. The van der Waals surface area contributed by atoms with E-state index in [1.165, 1.54) is 0 Å². The number of carbonyl (C=O) groups excluding carboxylic acids is 2. The summed E-state index contributed by atoms with van der Waals surface area (Å²) in [7, 11) is 3.45. The normalized spacial score (nSPS) is 18.6. The van der Waals surface area contributed by atoms with Crippen LogP contribution in [0.25, 0.3) is 0 Å². The van der Waals surface area contributed by atoms with Gasteiger partial charge in [-0.15, -0.1) is 0 Å². The zero-order chi connectivity index (χ0) is 14.6. The van der Waals surface area contributed by atoms with E-state index in [-0.39, 0.29) is 17.7 Å². The molecule has 2 N–H and O–H groups in total. The van der Waals surface area contributed by atoms with Crippen LogP contribution in [0.4, 0.5) is 0 Å². The Hall–Kier alpha value is -1.10. The summed E-state index contributed by atoms with van der Waals surface area (Å²) in [5.41, 5.74) is 0. The number of nitrogens with zero attached hydrogens (tertiary/aromatic N) is 1. The predicted molar refractivity (Wildman–Crippen MR) is 75.6 cm³/mol. The van der Waals surface area contributed by atoms with Gasteiger partial charge in [0.05, 0.1) is 0 Å². The Labute approximate surface area is 116 Å². The molecule has 0 saturated carbocycles. The highest BCUT2D eigenvalue weighted by atomic mass is 16.2. The van der Waals surface area contributed by atoms with Crippen molar-refractivity contribution in [3.63, 3.8) is 0 Å². The van der Waals surface area contributed by atoms with E-state index >= 15 is 0 Å². The molecule has 5 heteroatoms. The average molecular weight is 269 g/mol. The predicted octanol–water partition coefficient (Wildman–Crippen LogP) is 0.461. The first kappa shape index (κ1) is 16.0. The fourth-order valence-corrected chi connectivity index (χ4v) is 2.19. The molecule has 5 nitrogen and oxygen atoms in total. The molecule has 1 fully saturated rings. The van der Waals surface area contributed by atoms with Gasteiger partial charge in [0.25, 0.3) is 0 Å². The maximum Gasteiger partial charge on any atom is 0.244 e. The van der Waals surface area contributed by atoms with Gasteiger partial charge in [0.2, 0.25) is 11.8 Å². The number of hydrogen-bond acceptors (Lipinski definition) is 3. The van der Waals surface area contributed by atoms with Gasteiger partial charge in [-0.05, 0) is 31.3 Å². The fraction of sp³-hybridized carbons (Fsp3) is 0.857. The highest BCUT2D eigenvalue weighted by Gasteiger charge is 2.31. The van der Waals surface area contributed by atoms with E-state index in [1.807, 2.05) is 6.92 Å². The van der Waals surface area contributed by atoms with Crippen molar-refractivity contribution in [2.45, 2.75) is 33.2 Å². The van der Waals surface area contributed by atoms with Crippen molar-refractivity contribution in [3.05, 3.63) is 0 Å². The molecule has 0 aromatic rings. The summed E-state index contributed by atoms with van der Waals surface area (Å²) in [6.07, 6.45) is 0.679. The van der Waals surface area contributed by atoms with Crippen molar-refractivity contribution in [2.24, 2.45) is 17.8 Å². The monoisotopic (exact) mass is 269 g/mol. The van der Waals surface area contributed by atoms with Gasteiger partial charge in [0, 0.05) is 20.0 Å². The molecule has 1 rings (SSSR count). The highest BCUT2D eigenvalue weighted by molar-refractivity contribution is 5.88. The molecule has 0 radical (unpaired) electrons. The van der Waals surface area contributed by atoms with E-state index in [2.05, 4.69) is 24.5 Å². The molecular formula is C14H27N3O2. The van der Waals surface area contributed by atoms with Crippen molar-refractivity contribution in [2.75, 3.05) is 27.2 Å². The van der Waals surface area contributed by atoms with Gasteiger partial charge in [0.15, 0.2) is 0 Å². The van der Waals surface area contributed by atoms with Crippen LogP contribution in [-0.4, -0.2) is 49.9 Å². The minimum Gasteiger partial charge on any atom is -0.347 e. The third-order valence-corrected chi connectivity index (χ3v) is 3.70. The van der Waals surface area contributed by atoms with E-state index in [9.17, 15) is 9.59 Å². The Morgan fingerprint density at radius 2 is 1.84 bits per heavy atom. The van der Waals surface area contributed by atoms with E-state index in [1.54, 1.807) is 19.0 Å². The van der Waals surface area contributed by atoms with Crippen LogP contribution in [0.1, 0.15) is 27.2 Å². The second kappa shape index (κ2) is 6.89. The number of rotatable bonds is 6. The van der Waals surface area contributed by atoms with Crippen LogP contribution in [0.3, 0.4) is 0 Å². The molecule has 2 atom stereocenters. The largest absolute Gasteiger partial charge is 0.347 e. The van der Waals surface area contributed by atoms with Crippen molar-refractivity contribution in [1.29, 1.82) is 0 Å². The summed E-state index contributed by atoms with van der Waals surface area (Å²) in [4.78, 5) is 25.8. The zero-order valence-electron chi connectivity index (χ0n) is 12.7. The Bertz CT molecular complexity index is 325. The number of amides is 2. The highest BCUT2D eigenvalue weighted by Crippen LogP contribution is 2.17. The summed E-state index contributed by atoms with van der Waals surface area (Å²) in [5.74, 6) is 0.697. The summed E-state index contributed by atoms with van der Waals surface area (Å²) < 4.78 is 0. The maximum absolute atomic E-state index is 12.2. The van der Waals surface area contributed by atoms with Crippen LogP contribution < -0.4 is 10.6 Å². The van der Waals surface area contributed by atoms with Crippen molar-refractivity contribution >= 4 is 11.8 Å². The van der Waals surface area contributed by atoms with Gasteiger partial charge in [-0.3, -0.25) is 9.59 Å². The van der Waals surface area contributed by atoms with Crippen LogP contribution in [-0.2, 0) is 9.59 Å². The quantitative estimate of drug-likeness (QED) is 0.736. The average Bonchev–Trinajstić information content (AvgIpc) is 2.23. The molecule has 0 aromatic carbocycles. The lowest BCUT2D eigenvalue weighted by atomic mass is 9.88. The Kier molecular flexibility index (Phi) is 5.79. The number of hydrogen-bond donors (Lipinski definition) is 2. The summed E-state index contributed by atoms with van der Waals surface area (Å²) >= 11 is 0. The smallest absolute Gasteiger partial charge is 0.244 e. The molecule has 1 aliphatic rings. The van der Waals surface area contributed by atoms with E-state index in [0.29, 0.717) is 18.3 Å². The fourth-order valence-electron chi connectivity index (χ4n) is 2.19. The molecule has 19 heavy (non-hydrogen) atoms. The Morgan fingerprint density at radius 1 is 1.26 bits per heavy atom. The zero-order valence-corrected chi connectivity index (χ0v) is 12.7. The number of likely N-dealkylation sites (N-methyl/N-ethyl adjacent to an activating group) is 1. The van der Waals surface area contributed by atoms with Crippen LogP contribution in [0.5, 0.6) is 0 Å². The molecule has 0 aliphatic carbocycles. The van der Waals surface area contributed by atoms with Gasteiger partial charge in [-0.2, -0.15) is 0 Å². The second-order valence-corrected chi connectivity index (χ2v) is 6.13. The van der Waals surface area contributed by atoms with Crippen molar-refractivity contribution in [3.8, 4) is 0 Å². The van der Waals surface area contributed by atoms with Gasteiger partial charge in [-0.1, -0.05) is 20.8 Å². The van der Waals surface area contributed by atoms with Crippen LogP contribution in [0.2, 0.25) is 0 Å². The van der Waals surface area contributed by atoms with Gasteiger partial charge in [0.1, 0.15) is 6.04 Å². The van der Waals surface area contributed by atoms with Gasteiger partial charge in [-0.25, -0.2) is 0 Å². The molecule has 110 valence electrons. The molecule has 1 aliphatic heterocycles. The molecule has 0 aromatic heterocycles. The molecule has 2 amide bonds. The van der Waals surface area contributed by atoms with E-state index in [4.69, 9.17) is 0 Å². The molecule has 1 saturated heterocycles. The summed E-state index contributed by atoms with van der Waals surface area (Å²) in [6.45, 7) is 7.84. The van der Waals surface area contributed by atoms with E-state index in [0.717, 1.165) is 13.1 Å². The number of nitrogens with one attached hydrogen (secondary N) is 2. The number of carbonyl (C=O) groups is 2. The first-order valence-corrected chi connectivity index (χ1v) is 7.05. The topological polar surface area (TPSA) is 61.4 Å². The van der Waals surface area contributed by atoms with Crippen LogP contribution >= 0.6 is 0 Å². The minimum atomic E-state index is -0.405. The maximum atomic E-state index is 12.2. The van der Waals surface area contributed by atoms with Crippen molar-refractivity contribution < 1.29 is 9.59 Å². The summed E-state index contributed by atoms with van der Waals surface area (Å²) in [5, 5.41) is 6.09. The van der Waals surface area contributed by atoms with E-state index < -0.39 is 6.04 Å². The van der Waals surface area contributed by atoms with Gasteiger partial charge >= 0.3 is 0 Å². The third kappa shape index (κ3) is 4.49. The first-order valence-electron chi connectivity index (χ1n) is 7.05. The lowest BCUT2D eigenvalue weighted by Crippen LogP contribution is -2.53. The molecule has 0 bridgehead atoms. The molecule has 1 heterocycles. The van der Waals surface area contributed by atoms with Crippen LogP contribution in [0.15, 0.2) is 0 Å². The molecular weight excluding hydrogens is 242 g/mol. The van der Waals surface area contributed by atoms with Crippen molar-refractivity contribution in [1.82, 2.24) is 15.5 Å². The lowest BCUT2D eigenvalue weighted by molar-refractivity contribution is -0.136. The Morgan fingerprint density at radius 3 is 2.21 bits per heavy atom. The molecule has 2 unspecified atom stereocenters. The lowest BCUT2D eigenvalue weighted by Gasteiger charge is -2.33. The van der Waals surface area contributed by atoms with Crippen LogP contribution in [0, 0.1) is 17.8 Å². The first-order chi connectivity index (χ1) is 8.82. The summed E-state index contributed by atoms with van der Waals surface area (Å²) in [6, 6.07) is -0.405. The third-order valence-electron chi connectivity index (χ3n) is 3.70. The molecule has 0 spiro atoms. The minimum absolute atomic E-state index is 0.00708. The SMILES string of the molecule is CC(C)CC(NC(=O)C(C)C1CNC1)C(=O)N(C)C. The standard InChI is InChI=1S/C14H27N3O2/c1-9(2)6-12(14(19)17(4)5)16-13(18)10(3)11-7-15-8-11/h9-12,15H,6-8H2,1-5H3,(H,16,18).